The summed E-state index contributed by atoms with van der Waals surface area (Å²) >= 11 is 0. The number of nitrogens with one attached hydrogen (secondary N) is 1. The maximum atomic E-state index is 13.3. The second-order valence-electron chi connectivity index (χ2n) is 5.83. The number of halogens is 2. The number of pyridine rings is 1. The van der Waals surface area contributed by atoms with Crippen LogP contribution in [0.3, 0.4) is 0 Å². The summed E-state index contributed by atoms with van der Waals surface area (Å²) in [6, 6.07) is 11.1. The average molecular weight is 370 g/mol. The van der Waals surface area contributed by atoms with Crippen molar-refractivity contribution in [2.24, 2.45) is 0 Å². The topological polar surface area (TPSA) is 71.5 Å². The average Bonchev–Trinajstić information content (AvgIpc) is 2.66. The molecular weight excluding hydrogens is 354 g/mol. The molecule has 1 amide bonds. The van der Waals surface area contributed by atoms with Crippen LogP contribution in [0.2, 0.25) is 0 Å². The Hall–Kier alpha value is -3.48. The smallest absolute Gasteiger partial charge is 0.251 e. The van der Waals surface area contributed by atoms with Gasteiger partial charge >= 0.3 is 0 Å². The molecule has 0 aliphatic carbocycles. The fourth-order valence-electron chi connectivity index (χ4n) is 2.33. The number of benzene rings is 2. The molecule has 0 aliphatic rings. The summed E-state index contributed by atoms with van der Waals surface area (Å²) in [5.74, 6) is -2.10. The number of hydrogen-bond acceptors (Lipinski definition) is 4. The van der Waals surface area contributed by atoms with Crippen LogP contribution in [0, 0.1) is 18.6 Å². The Balaban J connectivity index is 1.72. The van der Waals surface area contributed by atoms with E-state index >= 15 is 0 Å². The number of carbonyl (C=O) groups is 1. The summed E-state index contributed by atoms with van der Waals surface area (Å²) in [5.41, 5.74) is 1.53. The van der Waals surface area contributed by atoms with Crippen molar-refractivity contribution in [2.75, 3.05) is 0 Å². The van der Waals surface area contributed by atoms with Gasteiger partial charge in [-0.25, -0.2) is 13.8 Å². The normalized spacial score (nSPS) is 10.5. The Labute approximate surface area is 154 Å². The molecule has 0 atom stereocenters. The Morgan fingerprint density at radius 2 is 1.96 bits per heavy atom. The highest BCUT2D eigenvalue weighted by molar-refractivity contribution is 5.94. The Morgan fingerprint density at radius 3 is 2.70 bits per heavy atom. The minimum atomic E-state index is -1.03. The second-order valence-corrected chi connectivity index (χ2v) is 5.83. The number of nitrogens with zero attached hydrogens (tertiary/aromatic N) is 1. The van der Waals surface area contributed by atoms with E-state index in [4.69, 9.17) is 4.74 Å². The number of aromatic nitrogens is 1. The number of rotatable bonds is 5. The highest BCUT2D eigenvalue weighted by Crippen LogP contribution is 2.24. The van der Waals surface area contributed by atoms with Gasteiger partial charge in [-0.05, 0) is 42.8 Å². The molecule has 2 aromatic carbocycles. The Kier molecular flexibility index (Phi) is 5.30. The molecule has 0 fully saturated rings. The fraction of sp³-hybridized carbons (Fsp3) is 0.100. The second kappa shape index (κ2) is 7.82. The molecule has 7 heteroatoms. The lowest BCUT2D eigenvalue weighted by atomic mass is 10.1. The number of amides is 1. The first kappa shape index (κ1) is 18.3. The zero-order valence-corrected chi connectivity index (χ0v) is 14.4. The van der Waals surface area contributed by atoms with Crippen LogP contribution in [0.4, 0.5) is 8.78 Å². The van der Waals surface area contributed by atoms with Crippen LogP contribution in [0.15, 0.2) is 54.7 Å². The highest BCUT2D eigenvalue weighted by Gasteiger charge is 2.12. The fourth-order valence-corrected chi connectivity index (χ4v) is 2.33. The summed E-state index contributed by atoms with van der Waals surface area (Å²) in [6.45, 7) is 1.83. The summed E-state index contributed by atoms with van der Waals surface area (Å²) in [5, 5.41) is 12.4. The van der Waals surface area contributed by atoms with Crippen molar-refractivity contribution in [3.05, 3.63) is 83.1 Å². The third-order valence-corrected chi connectivity index (χ3v) is 3.87. The number of aryl methyl sites for hydroxylation is 1. The molecule has 0 unspecified atom stereocenters. The van der Waals surface area contributed by atoms with Gasteiger partial charge in [-0.1, -0.05) is 12.1 Å². The standard InChI is InChI=1S/C20H16F2N2O3/c1-12-4-5-13(9-18(12)25)19(26)24-11-14-3-2-8-23-20(14)27-15-6-7-16(21)17(22)10-15/h2-10,25H,11H2,1H3,(H,24,26). The molecule has 138 valence electrons. The van der Waals surface area contributed by atoms with Crippen molar-refractivity contribution in [1.29, 1.82) is 0 Å². The van der Waals surface area contributed by atoms with Gasteiger partial charge in [0.2, 0.25) is 5.88 Å². The quantitative estimate of drug-likeness (QED) is 0.709. The molecule has 1 heterocycles. The van der Waals surface area contributed by atoms with E-state index in [-0.39, 0.29) is 29.8 Å². The minimum Gasteiger partial charge on any atom is -0.508 e. The maximum Gasteiger partial charge on any atom is 0.251 e. The van der Waals surface area contributed by atoms with E-state index in [1.165, 1.54) is 18.3 Å². The van der Waals surface area contributed by atoms with Crippen LogP contribution in [0.5, 0.6) is 17.4 Å². The molecule has 2 N–H and O–H groups in total. The van der Waals surface area contributed by atoms with Crippen molar-refractivity contribution < 1.29 is 23.4 Å². The van der Waals surface area contributed by atoms with Gasteiger partial charge in [0, 0.05) is 29.9 Å². The zero-order valence-electron chi connectivity index (χ0n) is 14.4. The molecule has 27 heavy (non-hydrogen) atoms. The van der Waals surface area contributed by atoms with Crippen molar-refractivity contribution in [3.63, 3.8) is 0 Å². The largest absolute Gasteiger partial charge is 0.508 e. The van der Waals surface area contributed by atoms with E-state index in [0.717, 1.165) is 12.1 Å². The summed E-state index contributed by atoms with van der Waals surface area (Å²) in [4.78, 5) is 16.3. The van der Waals surface area contributed by atoms with Crippen molar-refractivity contribution >= 4 is 5.91 Å². The number of aromatic hydroxyl groups is 1. The van der Waals surface area contributed by atoms with E-state index < -0.39 is 11.6 Å². The van der Waals surface area contributed by atoms with Crippen LogP contribution in [-0.2, 0) is 6.54 Å². The molecule has 3 aromatic rings. The van der Waals surface area contributed by atoms with Gasteiger partial charge in [0.15, 0.2) is 11.6 Å². The van der Waals surface area contributed by atoms with Crippen LogP contribution in [-0.4, -0.2) is 16.0 Å². The van der Waals surface area contributed by atoms with Gasteiger partial charge in [0.05, 0.1) is 0 Å². The number of ether oxygens (including phenoxy) is 1. The molecule has 0 saturated carbocycles. The number of hydrogen-bond donors (Lipinski definition) is 2. The summed E-state index contributed by atoms with van der Waals surface area (Å²) in [6.07, 6.45) is 1.48. The van der Waals surface area contributed by atoms with E-state index in [0.29, 0.717) is 16.7 Å². The highest BCUT2D eigenvalue weighted by atomic mass is 19.2. The monoisotopic (exact) mass is 370 g/mol. The first-order chi connectivity index (χ1) is 12.9. The maximum absolute atomic E-state index is 13.3. The number of carbonyl (C=O) groups excluding carboxylic acids is 1. The molecule has 0 saturated heterocycles. The van der Waals surface area contributed by atoms with Gasteiger partial charge in [-0.3, -0.25) is 4.79 Å². The summed E-state index contributed by atoms with van der Waals surface area (Å²) < 4.78 is 31.9. The molecular formula is C20H16F2N2O3. The van der Waals surface area contributed by atoms with Crippen LogP contribution in [0.1, 0.15) is 21.5 Å². The van der Waals surface area contributed by atoms with E-state index in [1.807, 2.05) is 0 Å². The van der Waals surface area contributed by atoms with E-state index in [2.05, 4.69) is 10.3 Å². The molecule has 5 nitrogen and oxygen atoms in total. The molecule has 1 aromatic heterocycles. The lowest BCUT2D eigenvalue weighted by Gasteiger charge is -2.11. The van der Waals surface area contributed by atoms with Crippen molar-refractivity contribution in [3.8, 4) is 17.4 Å². The van der Waals surface area contributed by atoms with Crippen LogP contribution < -0.4 is 10.1 Å². The molecule has 0 aliphatic heterocycles. The third-order valence-electron chi connectivity index (χ3n) is 3.87. The Bertz CT molecular complexity index is 993. The van der Waals surface area contributed by atoms with Crippen molar-refractivity contribution in [2.45, 2.75) is 13.5 Å². The summed E-state index contributed by atoms with van der Waals surface area (Å²) in [7, 11) is 0. The SMILES string of the molecule is Cc1ccc(C(=O)NCc2cccnc2Oc2ccc(F)c(F)c2)cc1O. The molecule has 3 rings (SSSR count). The van der Waals surface area contributed by atoms with Gasteiger partial charge in [0.1, 0.15) is 11.5 Å². The minimum absolute atomic E-state index is 0.0337. The first-order valence-electron chi connectivity index (χ1n) is 8.08. The third kappa shape index (κ3) is 4.38. The number of phenols is 1. The van der Waals surface area contributed by atoms with Gasteiger partial charge in [-0.2, -0.15) is 0 Å². The predicted molar refractivity (Wildman–Crippen MR) is 94.7 cm³/mol. The van der Waals surface area contributed by atoms with Crippen LogP contribution in [0.25, 0.3) is 0 Å². The van der Waals surface area contributed by atoms with Gasteiger partial charge in [-0.15, -0.1) is 0 Å². The zero-order chi connectivity index (χ0) is 19.4. The lowest BCUT2D eigenvalue weighted by Crippen LogP contribution is -2.23. The predicted octanol–water partition coefficient (Wildman–Crippen LogP) is 4.10. The van der Waals surface area contributed by atoms with Crippen molar-refractivity contribution in [1.82, 2.24) is 10.3 Å². The lowest BCUT2D eigenvalue weighted by molar-refractivity contribution is 0.0950. The van der Waals surface area contributed by atoms with Gasteiger partial charge < -0.3 is 15.2 Å². The van der Waals surface area contributed by atoms with Gasteiger partial charge in [0.25, 0.3) is 5.91 Å². The number of phenolic OH excluding ortho intramolecular Hbond substituents is 1. The Morgan fingerprint density at radius 1 is 1.15 bits per heavy atom. The molecule has 0 bridgehead atoms. The van der Waals surface area contributed by atoms with E-state index in [9.17, 15) is 18.7 Å². The first-order valence-corrected chi connectivity index (χ1v) is 8.08. The van der Waals surface area contributed by atoms with E-state index in [1.54, 1.807) is 31.2 Å². The van der Waals surface area contributed by atoms with Crippen LogP contribution >= 0.6 is 0 Å². The molecule has 0 spiro atoms. The molecule has 0 radical (unpaired) electrons.